The lowest BCUT2D eigenvalue weighted by Gasteiger charge is -2.39. The van der Waals surface area contributed by atoms with Gasteiger partial charge in [-0.05, 0) is 166 Å². The Morgan fingerprint density at radius 3 is 2.18 bits per heavy atom. The van der Waals surface area contributed by atoms with Crippen molar-refractivity contribution in [2.75, 3.05) is 75.4 Å². The second kappa shape index (κ2) is 31.6. The fourth-order valence-electron chi connectivity index (χ4n) is 12.6. The third-order valence-corrected chi connectivity index (χ3v) is 23.4. The first-order chi connectivity index (χ1) is 45.7. The van der Waals surface area contributed by atoms with Gasteiger partial charge in [0, 0.05) is 85.1 Å². The minimum Gasteiger partial charge on any atom is -0.391 e. The number of aliphatic hydroxyl groups excluding tert-OH is 1. The van der Waals surface area contributed by atoms with Crippen LogP contribution in [0, 0.1) is 17.8 Å². The second-order valence-electron chi connectivity index (χ2n) is 27.3. The quantitative estimate of drug-likeness (QED) is 0.0318. The first kappa shape index (κ1) is 74.4. The first-order valence-corrected chi connectivity index (χ1v) is 37.7. The molecule has 5 aromatic carbocycles. The van der Waals surface area contributed by atoms with Gasteiger partial charge in [0.05, 0.1) is 38.8 Å². The summed E-state index contributed by atoms with van der Waals surface area (Å²) >= 11 is 9.12. The van der Waals surface area contributed by atoms with E-state index >= 15 is 0 Å². The van der Waals surface area contributed by atoms with E-state index in [1.807, 2.05) is 90.2 Å². The molecule has 2 saturated heterocycles. The van der Waals surface area contributed by atoms with Crippen LogP contribution in [0.5, 0.6) is 0 Å². The maximum absolute atomic E-state index is 14.6. The number of hydrogen-bond donors (Lipinski definition) is 5. The van der Waals surface area contributed by atoms with Gasteiger partial charge >= 0.3 is 5.51 Å². The molecule has 0 bridgehead atoms. The van der Waals surface area contributed by atoms with Crippen molar-refractivity contribution in [2.45, 2.75) is 144 Å². The van der Waals surface area contributed by atoms with Gasteiger partial charge in [0.15, 0.2) is 0 Å². The molecule has 1 aliphatic carbocycles. The number of carbonyl (C=O) groups excluding carboxylic acids is 4. The Labute approximate surface area is 581 Å². The number of β-amino-alcohol motifs (C(OH)–C–C–N with tert-alkyl or cyclic N) is 1. The molecule has 18 nitrogen and oxygen atoms in total. The summed E-state index contributed by atoms with van der Waals surface area (Å²) in [5, 5.41) is 20.4. The normalized spacial score (nSPS) is 18.2. The van der Waals surface area contributed by atoms with Gasteiger partial charge in [-0.25, -0.2) is 26.5 Å². The van der Waals surface area contributed by atoms with Crippen LogP contribution in [0.3, 0.4) is 0 Å². The zero-order chi connectivity index (χ0) is 70.2. The van der Waals surface area contributed by atoms with E-state index in [-0.39, 0.29) is 42.5 Å². The summed E-state index contributed by atoms with van der Waals surface area (Å²) in [5.41, 5.74) is 2.33. The van der Waals surface area contributed by atoms with Crippen LogP contribution in [-0.4, -0.2) is 160 Å². The molecule has 3 heterocycles. The molecular formula is C71H87ClF3N9O9S4. The number of nitrogens with zero attached hydrogens (tertiary/aromatic N) is 5. The number of alkyl halides is 3. The van der Waals surface area contributed by atoms with Crippen LogP contribution >= 0.6 is 34.7 Å². The Morgan fingerprint density at radius 1 is 0.866 bits per heavy atom. The molecule has 522 valence electrons. The van der Waals surface area contributed by atoms with E-state index < -0.39 is 100 Å². The van der Waals surface area contributed by atoms with E-state index in [0.29, 0.717) is 43.7 Å². The largest absolute Gasteiger partial charge is 0.501 e. The fraction of sp³-hybridized carbons (Fsp3) is 0.451. The summed E-state index contributed by atoms with van der Waals surface area (Å²) in [6, 6.07) is 30.4. The van der Waals surface area contributed by atoms with Crippen LogP contribution in [0.4, 0.5) is 24.5 Å². The van der Waals surface area contributed by atoms with Gasteiger partial charge in [0.2, 0.25) is 17.7 Å². The summed E-state index contributed by atoms with van der Waals surface area (Å²) in [4.78, 5) is 67.4. The summed E-state index contributed by atoms with van der Waals surface area (Å²) in [6.45, 7) is 18.1. The van der Waals surface area contributed by atoms with Gasteiger partial charge in [0.25, 0.3) is 25.8 Å². The molecule has 2 fully saturated rings. The van der Waals surface area contributed by atoms with Crippen LogP contribution in [0.2, 0.25) is 5.02 Å². The predicted molar refractivity (Wildman–Crippen MR) is 378 cm³/mol. The molecule has 0 unspecified atom stereocenters. The van der Waals surface area contributed by atoms with E-state index in [9.17, 15) is 54.3 Å². The molecule has 0 spiro atoms. The number of nitrogens with one attached hydrogen (secondary N) is 4. The molecule has 0 radical (unpaired) electrons. The van der Waals surface area contributed by atoms with E-state index in [1.165, 1.54) is 56.8 Å². The lowest BCUT2D eigenvalue weighted by atomic mass is 9.73. The number of sulfone groups is 1. The number of carbonyl (C=O) groups is 4. The van der Waals surface area contributed by atoms with Gasteiger partial charge in [-0.3, -0.25) is 24.1 Å². The van der Waals surface area contributed by atoms with Crippen molar-refractivity contribution in [3.63, 3.8) is 0 Å². The topological polar surface area (TPSA) is 231 Å². The summed E-state index contributed by atoms with van der Waals surface area (Å²) in [7, 11) is -9.38. The first-order valence-electron chi connectivity index (χ1n) is 32.5. The molecule has 6 aromatic rings. The van der Waals surface area contributed by atoms with Crippen LogP contribution in [0.25, 0.3) is 16.0 Å². The van der Waals surface area contributed by atoms with Crippen LogP contribution in [-0.2, 0) is 34.2 Å². The number of sulfonamides is 1. The van der Waals surface area contributed by atoms with Crippen molar-refractivity contribution >= 4 is 95.1 Å². The van der Waals surface area contributed by atoms with Crippen molar-refractivity contribution in [1.29, 1.82) is 0 Å². The molecule has 4 amide bonds. The molecule has 5 atom stereocenters. The predicted octanol–water partition coefficient (Wildman–Crippen LogP) is 12.0. The highest BCUT2D eigenvalue weighted by molar-refractivity contribution is 7.99. The van der Waals surface area contributed by atoms with Crippen molar-refractivity contribution < 1.29 is 54.3 Å². The number of aryl methyl sites for hydroxylation is 1. The molecule has 0 saturated carbocycles. The average Bonchev–Trinajstić information content (AvgIpc) is 0.996. The van der Waals surface area contributed by atoms with Gasteiger partial charge in [-0.1, -0.05) is 106 Å². The Hall–Kier alpha value is -6.84. The number of thioether (sulfide) groups is 1. The summed E-state index contributed by atoms with van der Waals surface area (Å²) < 4.78 is 100. The number of halogens is 4. The number of aromatic nitrogens is 1. The number of benzene rings is 5. The van der Waals surface area contributed by atoms with E-state index in [4.69, 9.17) is 11.6 Å². The van der Waals surface area contributed by atoms with Crippen molar-refractivity contribution in [2.24, 2.45) is 10.8 Å². The number of thiazole rings is 1. The molecule has 1 aromatic heterocycles. The Morgan fingerprint density at radius 2 is 1.54 bits per heavy atom. The standard InChI is InChI=1S/C71H87ClF3N9O9S4/c1-46(48-16-18-50(19-17-48)64-47(2)76-45-95-64)77-67(88)61-39-56(85)43-84(61)68(89)65(69(3,4)5)79-63(86)15-12-33-81(8)34-31-54(44-94-57-13-10-9-11-14-57)78-60-29-28-58(40-62(60)96(90,91)71(73,74)75)97(92,93)80-66(87)51-22-26-55(27-23-51)83-37-35-82(36-38-83)42-52-41-70(6,7)32-30-59(52)49-20-24-53(72)25-21-49/h9-11,13-14,16-29,40,45-46,54,56,61,65,78,85H,12,15,30-39,41-44H2,1-8H3,(H,77,88)(H,79,86)(H,80,87)/t46-,54+,56+,61-,65+/m0/s1. The molecule has 9 rings (SSSR count). The van der Waals surface area contributed by atoms with Gasteiger partial charge < -0.3 is 35.8 Å². The number of anilines is 2. The maximum Gasteiger partial charge on any atom is 0.501 e. The summed E-state index contributed by atoms with van der Waals surface area (Å²) in [6.07, 6.45) is 2.67. The molecule has 97 heavy (non-hydrogen) atoms. The monoisotopic (exact) mass is 1430 g/mol. The van der Waals surface area contributed by atoms with Crippen molar-refractivity contribution in [3.8, 4) is 10.4 Å². The number of rotatable bonds is 26. The minimum atomic E-state index is -6.20. The zero-order valence-corrected chi connectivity index (χ0v) is 59.9. The van der Waals surface area contributed by atoms with E-state index in [0.717, 1.165) is 83.3 Å². The molecule has 3 aliphatic rings. The smallest absolute Gasteiger partial charge is 0.391 e. The highest BCUT2D eigenvalue weighted by atomic mass is 35.5. The highest BCUT2D eigenvalue weighted by Crippen LogP contribution is 2.43. The average molecular weight is 1430 g/mol. The Balaban J connectivity index is 0.802. The number of aliphatic hydroxyl groups is 1. The number of hydrogen-bond acceptors (Lipinski definition) is 16. The molecule has 2 aliphatic heterocycles. The second-order valence-corrected chi connectivity index (χ2v) is 33.3. The maximum atomic E-state index is 14.6. The van der Waals surface area contributed by atoms with E-state index in [1.54, 1.807) is 45.5 Å². The number of amides is 4. The van der Waals surface area contributed by atoms with Crippen molar-refractivity contribution in [1.82, 2.24) is 35.0 Å². The van der Waals surface area contributed by atoms with Gasteiger partial charge in [-0.15, -0.1) is 23.1 Å². The lowest BCUT2D eigenvalue weighted by molar-refractivity contribution is -0.144. The van der Waals surface area contributed by atoms with Crippen LogP contribution in [0.15, 0.2) is 147 Å². The SMILES string of the molecule is Cc1ncsc1-c1ccc([C@H](C)NC(=O)[C@@H]2C[C@@H](O)CN2C(=O)[C@@H](NC(=O)CCCN(C)CC[C@H](CSc2ccccc2)Nc2ccc(S(=O)(=O)NC(=O)c3ccc(N4CCN(CC5=C(c6ccc(Cl)cc6)CCC(C)(C)C5)CC4)cc3)cc2S(=O)(=O)C(F)(F)F)C(C)(C)C)cc1. The lowest BCUT2D eigenvalue weighted by Crippen LogP contribution is -2.57. The Kier molecular flexibility index (Phi) is 24.2. The van der Waals surface area contributed by atoms with Gasteiger partial charge in [0.1, 0.15) is 17.0 Å². The molecule has 5 N–H and O–H groups in total. The third kappa shape index (κ3) is 19.3. The third-order valence-electron chi connectivity index (χ3n) is 18.1. The fourth-order valence-corrected chi connectivity index (χ4v) is 16.5. The minimum absolute atomic E-state index is 0.00745. The Bertz CT molecular complexity index is 4020. The van der Waals surface area contributed by atoms with Crippen molar-refractivity contribution in [3.05, 3.63) is 160 Å². The van der Waals surface area contributed by atoms with E-state index in [2.05, 4.69) is 56.7 Å². The molecular weight excluding hydrogens is 1340 g/mol. The highest BCUT2D eigenvalue weighted by Gasteiger charge is 2.49. The van der Waals surface area contributed by atoms with Gasteiger partial charge in [-0.2, -0.15) is 13.2 Å². The number of piperazine rings is 1. The van der Waals surface area contributed by atoms with Crippen LogP contribution < -0.4 is 25.6 Å². The number of allylic oxidation sites excluding steroid dienone is 1. The van der Waals surface area contributed by atoms with Crippen LogP contribution in [0.1, 0.15) is 120 Å². The molecule has 26 heteroatoms. The zero-order valence-electron chi connectivity index (χ0n) is 55.9. The summed E-state index contributed by atoms with van der Waals surface area (Å²) in [5.74, 6) is -2.23. The number of likely N-dealkylation sites (tertiary alicyclic amines) is 1.